The van der Waals surface area contributed by atoms with Crippen molar-refractivity contribution in [2.75, 3.05) is 51.7 Å². The molecular formula is C18H37IN4OS. The predicted octanol–water partition coefficient (Wildman–Crippen LogP) is 2.75. The summed E-state index contributed by atoms with van der Waals surface area (Å²) in [5, 5.41) is 4.21. The molecule has 0 saturated carbocycles. The molecule has 1 N–H and O–H groups in total. The number of guanidine groups is 1. The maximum atomic E-state index is 5.56. The van der Waals surface area contributed by atoms with Crippen LogP contribution in [0.1, 0.15) is 34.6 Å². The van der Waals surface area contributed by atoms with Crippen molar-refractivity contribution < 1.29 is 4.74 Å². The van der Waals surface area contributed by atoms with E-state index in [2.05, 4.69) is 61.5 Å². The lowest BCUT2D eigenvalue weighted by atomic mass is 10.1. The van der Waals surface area contributed by atoms with Crippen molar-refractivity contribution in [1.29, 1.82) is 0 Å². The highest BCUT2D eigenvalue weighted by atomic mass is 127. The Balaban J connectivity index is 0.00000312. The van der Waals surface area contributed by atoms with Gasteiger partial charge >= 0.3 is 0 Å². The quantitative estimate of drug-likeness (QED) is 0.369. The van der Waals surface area contributed by atoms with E-state index >= 15 is 0 Å². The molecule has 7 heteroatoms. The molecule has 5 nitrogen and oxygen atoms in total. The summed E-state index contributed by atoms with van der Waals surface area (Å²) in [6.07, 6.45) is 0. The highest BCUT2D eigenvalue weighted by molar-refractivity contribution is 14.0. The molecule has 25 heavy (non-hydrogen) atoms. The summed E-state index contributed by atoms with van der Waals surface area (Å²) in [6, 6.07) is 0.945. The van der Waals surface area contributed by atoms with E-state index in [0.29, 0.717) is 23.3 Å². The van der Waals surface area contributed by atoms with Gasteiger partial charge in [0, 0.05) is 49.3 Å². The highest BCUT2D eigenvalue weighted by Crippen LogP contribution is 2.25. The van der Waals surface area contributed by atoms with Crippen LogP contribution in [0.15, 0.2) is 4.99 Å². The van der Waals surface area contributed by atoms with E-state index < -0.39 is 0 Å². The van der Waals surface area contributed by atoms with Gasteiger partial charge in [-0.25, -0.2) is 0 Å². The second-order valence-electron chi connectivity index (χ2n) is 7.30. The molecule has 2 heterocycles. The maximum Gasteiger partial charge on any atom is 0.194 e. The van der Waals surface area contributed by atoms with Gasteiger partial charge in [0.25, 0.3) is 0 Å². The first kappa shape index (κ1) is 23.3. The van der Waals surface area contributed by atoms with Gasteiger partial charge in [-0.1, -0.05) is 13.8 Å². The van der Waals surface area contributed by atoms with Crippen molar-refractivity contribution in [2.24, 2.45) is 10.9 Å². The van der Waals surface area contributed by atoms with Crippen LogP contribution in [0.5, 0.6) is 0 Å². The topological polar surface area (TPSA) is 40.1 Å². The molecule has 3 unspecified atom stereocenters. The van der Waals surface area contributed by atoms with Crippen LogP contribution in [0.25, 0.3) is 0 Å². The largest absolute Gasteiger partial charge is 0.379 e. The fraction of sp³-hybridized carbons (Fsp3) is 0.944. The summed E-state index contributed by atoms with van der Waals surface area (Å²) in [5.41, 5.74) is 0. The van der Waals surface area contributed by atoms with Gasteiger partial charge in [0.05, 0.1) is 19.8 Å². The number of aliphatic imine (C=N–C) groups is 1. The molecule has 2 saturated heterocycles. The summed E-state index contributed by atoms with van der Waals surface area (Å²) < 4.78 is 5.56. The SMILES string of the molecule is CCNC(=NCC(C)N1CCOCC1C)N1CCSC(C(C)C)C1.I. The van der Waals surface area contributed by atoms with Crippen molar-refractivity contribution in [1.82, 2.24) is 15.1 Å². The molecule has 0 aliphatic carbocycles. The fourth-order valence-electron chi connectivity index (χ4n) is 3.42. The van der Waals surface area contributed by atoms with E-state index in [1.54, 1.807) is 0 Å². The fourth-order valence-corrected chi connectivity index (χ4v) is 4.71. The van der Waals surface area contributed by atoms with E-state index in [-0.39, 0.29) is 24.0 Å². The van der Waals surface area contributed by atoms with Crippen LogP contribution < -0.4 is 5.32 Å². The lowest BCUT2D eigenvalue weighted by Crippen LogP contribution is -2.51. The minimum absolute atomic E-state index is 0. The molecule has 2 aliphatic rings. The van der Waals surface area contributed by atoms with Gasteiger partial charge in [0.15, 0.2) is 5.96 Å². The van der Waals surface area contributed by atoms with Gasteiger partial charge in [0.1, 0.15) is 0 Å². The van der Waals surface area contributed by atoms with E-state index in [0.717, 1.165) is 51.9 Å². The molecule has 0 amide bonds. The molecule has 0 aromatic rings. The van der Waals surface area contributed by atoms with Gasteiger partial charge in [-0.3, -0.25) is 9.89 Å². The Labute approximate surface area is 175 Å². The Kier molecular flexibility index (Phi) is 11.1. The second kappa shape index (κ2) is 11.9. The number of ether oxygens (including phenoxy) is 1. The number of hydrogen-bond donors (Lipinski definition) is 1. The summed E-state index contributed by atoms with van der Waals surface area (Å²) in [6.45, 7) is 18.0. The van der Waals surface area contributed by atoms with E-state index in [9.17, 15) is 0 Å². The lowest BCUT2D eigenvalue weighted by Gasteiger charge is -2.38. The van der Waals surface area contributed by atoms with Crippen LogP contribution in [0.4, 0.5) is 0 Å². The van der Waals surface area contributed by atoms with Crippen molar-refractivity contribution in [3.63, 3.8) is 0 Å². The number of nitrogens with zero attached hydrogens (tertiary/aromatic N) is 3. The van der Waals surface area contributed by atoms with Crippen LogP contribution in [0, 0.1) is 5.92 Å². The number of halogens is 1. The third kappa shape index (κ3) is 7.07. The van der Waals surface area contributed by atoms with Gasteiger partial charge in [-0.2, -0.15) is 11.8 Å². The lowest BCUT2D eigenvalue weighted by molar-refractivity contribution is -0.0166. The first-order chi connectivity index (χ1) is 11.5. The van der Waals surface area contributed by atoms with Crippen LogP contribution in [-0.4, -0.2) is 84.8 Å². The molecule has 2 fully saturated rings. The van der Waals surface area contributed by atoms with E-state index in [1.807, 2.05) is 0 Å². The van der Waals surface area contributed by atoms with Crippen LogP contribution in [0.2, 0.25) is 0 Å². The third-order valence-electron chi connectivity index (χ3n) is 4.96. The molecule has 0 bridgehead atoms. The Bertz CT molecular complexity index is 411. The molecule has 0 radical (unpaired) electrons. The molecule has 148 valence electrons. The summed E-state index contributed by atoms with van der Waals surface area (Å²) in [5.74, 6) is 3.01. The average molecular weight is 484 g/mol. The number of nitrogens with one attached hydrogen (secondary N) is 1. The minimum atomic E-state index is 0. The predicted molar refractivity (Wildman–Crippen MR) is 120 cm³/mol. The van der Waals surface area contributed by atoms with Crippen LogP contribution in [0.3, 0.4) is 0 Å². The van der Waals surface area contributed by atoms with Gasteiger partial charge in [0.2, 0.25) is 0 Å². The van der Waals surface area contributed by atoms with Crippen molar-refractivity contribution in [3.05, 3.63) is 0 Å². The van der Waals surface area contributed by atoms with E-state index in [4.69, 9.17) is 9.73 Å². The van der Waals surface area contributed by atoms with Gasteiger partial charge in [-0.15, -0.1) is 24.0 Å². The summed E-state index contributed by atoms with van der Waals surface area (Å²) >= 11 is 2.11. The molecule has 0 spiro atoms. The first-order valence-electron chi connectivity index (χ1n) is 9.51. The third-order valence-corrected chi connectivity index (χ3v) is 6.50. The number of morpholine rings is 1. The summed E-state index contributed by atoms with van der Waals surface area (Å²) in [7, 11) is 0. The van der Waals surface area contributed by atoms with Crippen LogP contribution in [-0.2, 0) is 4.74 Å². The first-order valence-corrected chi connectivity index (χ1v) is 10.6. The molecular weight excluding hydrogens is 447 g/mol. The molecule has 2 rings (SSSR count). The molecule has 0 aromatic heterocycles. The van der Waals surface area contributed by atoms with Gasteiger partial charge in [-0.05, 0) is 26.7 Å². The smallest absolute Gasteiger partial charge is 0.194 e. The average Bonchev–Trinajstić information content (AvgIpc) is 2.58. The maximum absolute atomic E-state index is 5.56. The second-order valence-corrected chi connectivity index (χ2v) is 8.65. The molecule has 2 aliphatic heterocycles. The van der Waals surface area contributed by atoms with Crippen molar-refractivity contribution in [2.45, 2.75) is 52.0 Å². The zero-order valence-electron chi connectivity index (χ0n) is 16.5. The zero-order valence-corrected chi connectivity index (χ0v) is 19.7. The monoisotopic (exact) mass is 484 g/mol. The minimum Gasteiger partial charge on any atom is -0.379 e. The number of rotatable bonds is 5. The van der Waals surface area contributed by atoms with Crippen molar-refractivity contribution >= 4 is 41.7 Å². The van der Waals surface area contributed by atoms with Crippen molar-refractivity contribution in [3.8, 4) is 0 Å². The molecule has 3 atom stereocenters. The molecule has 0 aromatic carbocycles. The van der Waals surface area contributed by atoms with Gasteiger partial charge < -0.3 is 15.0 Å². The number of thioether (sulfide) groups is 1. The zero-order chi connectivity index (χ0) is 17.5. The highest BCUT2D eigenvalue weighted by Gasteiger charge is 2.26. The van der Waals surface area contributed by atoms with Crippen LogP contribution >= 0.6 is 35.7 Å². The Hall–Kier alpha value is 0.270. The number of hydrogen-bond acceptors (Lipinski definition) is 4. The standard InChI is InChI=1S/C18H36N4OS.HI/c1-6-19-18(21-8-10-24-17(12-21)14(2)3)20-11-15(4)22-7-9-23-13-16(22)5;/h14-17H,6-13H2,1-5H3,(H,19,20);1H. The Morgan fingerprint density at radius 3 is 2.72 bits per heavy atom. The Morgan fingerprint density at radius 2 is 2.08 bits per heavy atom. The normalized spacial score (nSPS) is 27.1. The summed E-state index contributed by atoms with van der Waals surface area (Å²) in [4.78, 5) is 9.97. The van der Waals surface area contributed by atoms with E-state index in [1.165, 1.54) is 5.75 Å². The Morgan fingerprint density at radius 1 is 1.32 bits per heavy atom.